The number of oxime groups is 2. The van der Waals surface area contributed by atoms with Crippen LogP contribution >= 0.6 is 50.7 Å². The summed E-state index contributed by atoms with van der Waals surface area (Å²) in [4.78, 5) is 90.6. The lowest BCUT2D eigenvalue weighted by molar-refractivity contribution is -0.0685. The molecule has 19 nitrogen and oxygen atoms in total. The first-order valence-corrected chi connectivity index (χ1v) is 40.7. The van der Waals surface area contributed by atoms with Gasteiger partial charge in [0.1, 0.15) is 32.3 Å². The van der Waals surface area contributed by atoms with Crippen LogP contribution in [0.3, 0.4) is 0 Å². The van der Waals surface area contributed by atoms with Gasteiger partial charge in [0.2, 0.25) is 0 Å². The van der Waals surface area contributed by atoms with Crippen LogP contribution in [0.1, 0.15) is 62.1 Å². The summed E-state index contributed by atoms with van der Waals surface area (Å²) in [7, 11) is -2.45. The fourth-order valence-corrected chi connectivity index (χ4v) is 14.9. The van der Waals surface area contributed by atoms with Gasteiger partial charge in [-0.3, -0.25) is 4.18 Å². The SMILES string of the molecule is CO/N=C/[C@@H](OC(=O)c1ccc(-c2ccccc2)cc1)[C@@H](OC(=O)c1ccc(-c2ccccc2)cc1)[C@H](Br)COC(=O)c1ccc(-c2ccccc2)cc1.CO/N=C/[C@@H](OC(=O)c1ccc(-c2ccccc2)cc1)[C@@H](OC(=O)c1ccc(-c2ccccc2)cc1)[C@H](COC(=O)c1ccc(-c2ccccc2)cc1)OS(=O)(=O)c1cc(Cl)c(Cl)cc1Cl. The summed E-state index contributed by atoms with van der Waals surface area (Å²) in [5.41, 5.74) is 12.0. The Morgan fingerprint density at radius 1 is 0.317 bits per heavy atom. The summed E-state index contributed by atoms with van der Waals surface area (Å²) in [6.45, 7) is -1.15. The van der Waals surface area contributed by atoms with Gasteiger partial charge in [-0.05, 0) is 152 Å². The third-order valence-corrected chi connectivity index (χ3v) is 21.9. The van der Waals surface area contributed by atoms with Gasteiger partial charge in [-0.25, -0.2) is 28.8 Å². The van der Waals surface area contributed by atoms with Crippen molar-refractivity contribution in [3.05, 3.63) is 388 Å². The van der Waals surface area contributed by atoms with Crippen molar-refractivity contribution in [2.24, 2.45) is 10.3 Å². The molecule has 0 aliphatic rings. The molecule has 24 heteroatoms. The van der Waals surface area contributed by atoms with Crippen LogP contribution in [0.5, 0.6) is 0 Å². The van der Waals surface area contributed by atoms with Crippen LogP contribution in [-0.2, 0) is 52.4 Å². The van der Waals surface area contributed by atoms with Crippen LogP contribution in [0, 0.1) is 0 Å². The van der Waals surface area contributed by atoms with Crippen molar-refractivity contribution < 1.29 is 79.5 Å². The van der Waals surface area contributed by atoms with E-state index in [1.54, 1.807) is 72.8 Å². The highest BCUT2D eigenvalue weighted by Gasteiger charge is 2.42. The molecule has 13 rings (SSSR count). The van der Waals surface area contributed by atoms with E-state index in [1.807, 2.05) is 218 Å². The normalized spacial score (nSPS) is 12.7. The molecule has 6 atom stereocenters. The molecule has 120 heavy (non-hydrogen) atoms. The van der Waals surface area contributed by atoms with Crippen LogP contribution in [0.15, 0.2) is 355 Å². The number of alkyl halides is 1. The lowest BCUT2D eigenvalue weighted by Crippen LogP contribution is -2.48. The average Bonchev–Trinajstić information content (AvgIpc) is 0.786. The predicted octanol–water partition coefficient (Wildman–Crippen LogP) is 21.4. The smallest absolute Gasteiger partial charge is 0.338 e. The lowest BCUT2D eigenvalue weighted by atomic mass is 10.0. The van der Waals surface area contributed by atoms with E-state index < -0.39 is 92.8 Å². The summed E-state index contributed by atoms with van der Waals surface area (Å²) >= 11 is 22.3. The Morgan fingerprint density at radius 3 is 0.850 bits per heavy atom. The Bertz CT molecular complexity index is 5800. The van der Waals surface area contributed by atoms with E-state index in [0.717, 1.165) is 85.1 Å². The molecule has 0 saturated heterocycles. The number of rotatable bonds is 31. The number of benzene rings is 13. The minimum absolute atomic E-state index is 0.0228. The molecule has 0 saturated carbocycles. The molecule has 0 aromatic heterocycles. The van der Waals surface area contributed by atoms with Crippen molar-refractivity contribution in [1.82, 2.24) is 0 Å². The molecule has 604 valence electrons. The van der Waals surface area contributed by atoms with Gasteiger partial charge in [-0.1, -0.05) is 316 Å². The number of ether oxygens (including phenoxy) is 6. The van der Waals surface area contributed by atoms with E-state index in [0.29, 0.717) is 5.56 Å². The van der Waals surface area contributed by atoms with Gasteiger partial charge in [-0.2, -0.15) is 8.42 Å². The zero-order valence-corrected chi connectivity index (χ0v) is 68.8. The predicted molar refractivity (Wildman–Crippen MR) is 466 cm³/mol. The Balaban J connectivity index is 0.000000224. The minimum atomic E-state index is -5.00. The van der Waals surface area contributed by atoms with Crippen LogP contribution in [-0.4, -0.2) is 119 Å². The van der Waals surface area contributed by atoms with E-state index >= 15 is 0 Å². The highest BCUT2D eigenvalue weighted by Crippen LogP contribution is 2.35. The molecule has 0 radical (unpaired) electrons. The summed E-state index contributed by atoms with van der Waals surface area (Å²) in [6.07, 6.45) is -5.92. The second kappa shape index (κ2) is 42.3. The maximum atomic E-state index is 14.2. The molecular formula is C96H74BrCl3N2O17S. The monoisotopic (exact) mass is 1740 g/mol. The van der Waals surface area contributed by atoms with Crippen molar-refractivity contribution >= 4 is 109 Å². The number of halogens is 4. The maximum absolute atomic E-state index is 14.2. The van der Waals surface area contributed by atoms with Gasteiger partial charge < -0.3 is 38.1 Å². The molecule has 0 heterocycles. The summed E-state index contributed by atoms with van der Waals surface area (Å²) in [5.74, 6) is -4.79. The molecule has 0 aliphatic carbocycles. The van der Waals surface area contributed by atoms with Crippen molar-refractivity contribution in [2.75, 3.05) is 27.4 Å². The molecule has 0 unspecified atom stereocenters. The maximum Gasteiger partial charge on any atom is 0.338 e. The number of esters is 6. The molecule has 0 amide bonds. The van der Waals surface area contributed by atoms with Crippen molar-refractivity contribution in [3.8, 4) is 66.8 Å². The Kier molecular flexibility index (Phi) is 30.4. The fraction of sp³-hybridized carbons (Fsp3) is 0.104. The summed E-state index contributed by atoms with van der Waals surface area (Å²) < 4.78 is 69.5. The van der Waals surface area contributed by atoms with Crippen LogP contribution < -0.4 is 0 Å². The van der Waals surface area contributed by atoms with Crippen LogP contribution in [0.4, 0.5) is 0 Å². The standard InChI is InChI=1S/C51H38Cl3NO10S.C45H36BrNO7/c1-61-55-31-45(63-50(57)40-25-19-37(20-26-40)34-13-7-3-8-14-34)48(64-51(58)41-27-21-38(22-28-41)35-15-9-4-10-16-35)46(65-66(59,60)47-30-43(53)42(52)29-44(47)54)32-62-49(56)39-23-17-36(18-24-39)33-11-5-2-6-12-33;1-51-47-29-41(53-44(49)38-25-19-35(20-26-38)32-13-7-3-8-14-32)42(54-45(50)39-27-21-36(22-28-39)33-15-9-4-10-16-33)40(46)30-52-43(48)37-23-17-34(18-24-37)31-11-5-2-6-12-31/h2-31,45-46,48H,32H2,1H3;2-29,40-42H,30H2,1H3/b55-31+;47-29+/t45-,46+,48-;40-,41-,42+/m11/s1. The molecule has 0 aliphatic heterocycles. The Hall–Kier alpha value is -13.1. The highest BCUT2D eigenvalue weighted by molar-refractivity contribution is 9.09. The average molecular weight is 1750 g/mol. The second-order valence-electron chi connectivity index (χ2n) is 26.5. The van der Waals surface area contributed by atoms with Gasteiger partial charge >= 0.3 is 35.8 Å². The molecule has 0 spiro atoms. The third-order valence-electron chi connectivity index (χ3n) is 18.6. The van der Waals surface area contributed by atoms with Crippen molar-refractivity contribution in [2.45, 2.75) is 40.2 Å². The molecule has 0 bridgehead atoms. The van der Waals surface area contributed by atoms with E-state index in [4.69, 9.17) is 77.1 Å². The minimum Gasteiger partial charge on any atom is -0.461 e. The molecule has 0 N–H and O–H groups in total. The second-order valence-corrected chi connectivity index (χ2v) is 30.5. The van der Waals surface area contributed by atoms with E-state index in [2.05, 4.69) is 26.2 Å². The van der Waals surface area contributed by atoms with Gasteiger partial charge in [0, 0.05) is 0 Å². The fourth-order valence-electron chi connectivity index (χ4n) is 12.3. The quantitative estimate of drug-likeness (QED) is 0.00745. The van der Waals surface area contributed by atoms with Crippen LogP contribution in [0.25, 0.3) is 66.8 Å². The first kappa shape index (κ1) is 86.2. The first-order valence-electron chi connectivity index (χ1n) is 37.3. The van der Waals surface area contributed by atoms with Gasteiger partial charge in [-0.15, -0.1) is 0 Å². The third kappa shape index (κ3) is 23.4. The van der Waals surface area contributed by atoms with Gasteiger partial charge in [0.25, 0.3) is 10.1 Å². The number of carbonyl (C=O) groups excluding carboxylic acids is 6. The van der Waals surface area contributed by atoms with E-state index in [1.165, 1.54) is 56.8 Å². The zero-order chi connectivity index (χ0) is 84.3. The largest absolute Gasteiger partial charge is 0.461 e. The molecule has 13 aromatic rings. The number of nitrogens with zero attached hydrogens (tertiary/aromatic N) is 2. The number of carbonyl (C=O) groups is 6. The lowest BCUT2D eigenvalue weighted by Gasteiger charge is -2.30. The van der Waals surface area contributed by atoms with Gasteiger partial charge in [0.15, 0.2) is 30.5 Å². The summed E-state index contributed by atoms with van der Waals surface area (Å²) in [6, 6.07) is 100.0. The van der Waals surface area contributed by atoms with Gasteiger partial charge in [0.05, 0.1) is 65.7 Å². The van der Waals surface area contributed by atoms with Crippen LogP contribution in [0.2, 0.25) is 15.1 Å². The number of hydrogen-bond acceptors (Lipinski definition) is 19. The highest BCUT2D eigenvalue weighted by atomic mass is 79.9. The zero-order valence-electron chi connectivity index (χ0n) is 64.1. The molecular weight excluding hydrogens is 1670 g/mol. The topological polar surface area (TPSA) is 244 Å². The van der Waals surface area contributed by atoms with E-state index in [9.17, 15) is 37.2 Å². The first-order chi connectivity index (χ1) is 58.3. The Labute approximate surface area is 716 Å². The Morgan fingerprint density at radius 2 is 0.558 bits per heavy atom. The van der Waals surface area contributed by atoms with Crippen molar-refractivity contribution in [1.29, 1.82) is 0 Å². The number of hydrogen-bond donors (Lipinski definition) is 0. The summed E-state index contributed by atoms with van der Waals surface area (Å²) in [5, 5.41) is 7.07. The molecule has 13 aromatic carbocycles. The van der Waals surface area contributed by atoms with Crippen molar-refractivity contribution in [3.63, 3.8) is 0 Å². The van der Waals surface area contributed by atoms with E-state index in [-0.39, 0.29) is 49.5 Å². The molecule has 0 fully saturated rings.